The number of carbonyl (C=O) groups excluding carboxylic acids is 1. The molecule has 4 rings (SSSR count). The lowest BCUT2D eigenvalue weighted by Gasteiger charge is -2.37. The van der Waals surface area contributed by atoms with Crippen LogP contribution in [-0.4, -0.2) is 43.6 Å². The molecule has 0 radical (unpaired) electrons. The summed E-state index contributed by atoms with van der Waals surface area (Å²) in [6.45, 7) is 4.47. The highest BCUT2D eigenvalue weighted by atomic mass is 16.5. The maximum atomic E-state index is 12.9. The number of likely N-dealkylation sites (N-methyl/N-ethyl adjacent to an activating group) is 2. The van der Waals surface area contributed by atoms with Gasteiger partial charge in [0.25, 0.3) is 5.91 Å². The largest absolute Gasteiger partial charge is 0.485 e. The smallest absolute Gasteiger partial charge is 0.253 e. The topological polar surface area (TPSA) is 32.8 Å². The van der Waals surface area contributed by atoms with E-state index in [1.807, 2.05) is 31.3 Å². The predicted molar refractivity (Wildman–Crippen MR) is 104 cm³/mol. The quantitative estimate of drug-likeness (QED) is 0.846. The molecule has 26 heavy (non-hydrogen) atoms. The Labute approximate surface area is 155 Å². The van der Waals surface area contributed by atoms with Crippen LogP contribution < -0.4 is 9.64 Å². The number of fused-ring (bicyclic) bond motifs is 2. The predicted octanol–water partition coefficient (Wildman–Crippen LogP) is 3.53. The number of aryl methyl sites for hydroxylation is 2. The summed E-state index contributed by atoms with van der Waals surface area (Å²) in [6, 6.07) is 14.3. The van der Waals surface area contributed by atoms with E-state index in [9.17, 15) is 4.79 Å². The second-order valence-electron chi connectivity index (χ2n) is 7.27. The van der Waals surface area contributed by atoms with E-state index >= 15 is 0 Å². The van der Waals surface area contributed by atoms with Gasteiger partial charge in [0.1, 0.15) is 11.9 Å². The van der Waals surface area contributed by atoms with Gasteiger partial charge in [0.15, 0.2) is 0 Å². The number of para-hydroxylation sites is 2. The second-order valence-corrected chi connectivity index (χ2v) is 7.27. The maximum absolute atomic E-state index is 12.9. The van der Waals surface area contributed by atoms with Crippen LogP contribution in [0.25, 0.3) is 0 Å². The fourth-order valence-electron chi connectivity index (χ4n) is 4.09. The van der Waals surface area contributed by atoms with Crippen LogP contribution in [0.3, 0.4) is 0 Å². The first-order chi connectivity index (χ1) is 12.7. The number of rotatable bonds is 4. The number of nitrogens with zero attached hydrogens (tertiary/aromatic N) is 2. The number of hydrogen-bond donors (Lipinski definition) is 0. The lowest BCUT2D eigenvalue weighted by atomic mass is 10.1. The SMILES string of the molecule is CCN1C[C@@H](CN(C)C(=O)c2ccc3c(c2)CCC3)Oc2ccccc21. The normalized spacial score (nSPS) is 18.1. The Hall–Kier alpha value is -2.49. The molecule has 2 aromatic rings. The third-order valence-corrected chi connectivity index (χ3v) is 5.47. The summed E-state index contributed by atoms with van der Waals surface area (Å²) in [7, 11) is 1.87. The number of anilines is 1. The van der Waals surface area contributed by atoms with E-state index < -0.39 is 0 Å². The van der Waals surface area contributed by atoms with Crippen molar-refractivity contribution >= 4 is 11.6 Å². The van der Waals surface area contributed by atoms with Crippen LogP contribution in [0, 0.1) is 0 Å². The van der Waals surface area contributed by atoms with Crippen LogP contribution in [0.15, 0.2) is 42.5 Å². The molecule has 2 aromatic carbocycles. The lowest BCUT2D eigenvalue weighted by molar-refractivity contribution is 0.0709. The standard InChI is InChI=1S/C22H26N2O2/c1-3-24-15-19(26-21-10-5-4-9-20(21)24)14-23(2)22(25)18-12-11-16-7-6-8-17(16)13-18/h4-5,9-13,19H,3,6-8,14-15H2,1-2H3/t19-/m1/s1. The molecule has 0 aromatic heterocycles. The average molecular weight is 350 g/mol. The highest BCUT2D eigenvalue weighted by Crippen LogP contribution is 2.33. The zero-order chi connectivity index (χ0) is 18.1. The average Bonchev–Trinajstić information content (AvgIpc) is 3.14. The minimum Gasteiger partial charge on any atom is -0.485 e. The van der Waals surface area contributed by atoms with Crippen molar-refractivity contribution < 1.29 is 9.53 Å². The monoisotopic (exact) mass is 350 g/mol. The van der Waals surface area contributed by atoms with Crippen molar-refractivity contribution in [2.75, 3.05) is 31.6 Å². The summed E-state index contributed by atoms with van der Waals surface area (Å²) < 4.78 is 6.16. The number of carbonyl (C=O) groups is 1. The van der Waals surface area contributed by atoms with Crippen LogP contribution in [0.1, 0.15) is 34.8 Å². The summed E-state index contributed by atoms with van der Waals surface area (Å²) in [6.07, 6.45) is 3.41. The summed E-state index contributed by atoms with van der Waals surface area (Å²) in [5.41, 5.74) is 4.66. The number of benzene rings is 2. The van der Waals surface area contributed by atoms with Gasteiger partial charge in [-0.2, -0.15) is 0 Å². The molecule has 1 amide bonds. The van der Waals surface area contributed by atoms with Crippen molar-refractivity contribution in [3.8, 4) is 5.75 Å². The van der Waals surface area contributed by atoms with Gasteiger partial charge in [-0.15, -0.1) is 0 Å². The van der Waals surface area contributed by atoms with E-state index in [1.165, 1.54) is 17.5 Å². The van der Waals surface area contributed by atoms with Crippen molar-refractivity contribution in [3.63, 3.8) is 0 Å². The van der Waals surface area contributed by atoms with Crippen molar-refractivity contribution in [2.24, 2.45) is 0 Å². The van der Waals surface area contributed by atoms with Gasteiger partial charge in [0.05, 0.1) is 18.8 Å². The zero-order valence-electron chi connectivity index (χ0n) is 15.6. The van der Waals surface area contributed by atoms with Crippen molar-refractivity contribution in [3.05, 3.63) is 59.2 Å². The molecule has 1 heterocycles. The molecule has 0 saturated carbocycles. The molecule has 0 saturated heterocycles. The van der Waals surface area contributed by atoms with E-state index in [2.05, 4.69) is 30.0 Å². The van der Waals surface area contributed by atoms with Gasteiger partial charge in [0, 0.05) is 19.2 Å². The minimum atomic E-state index is -0.0202. The van der Waals surface area contributed by atoms with Crippen molar-refractivity contribution in [2.45, 2.75) is 32.3 Å². The Kier molecular flexibility index (Phi) is 4.58. The Balaban J connectivity index is 1.46. The van der Waals surface area contributed by atoms with E-state index in [1.54, 1.807) is 4.90 Å². The molecule has 1 aliphatic carbocycles. The molecule has 0 bridgehead atoms. The molecule has 0 fully saturated rings. The number of ether oxygens (including phenoxy) is 1. The third kappa shape index (κ3) is 3.16. The molecular weight excluding hydrogens is 324 g/mol. The first-order valence-corrected chi connectivity index (χ1v) is 9.53. The Morgan fingerprint density at radius 3 is 2.85 bits per heavy atom. The second kappa shape index (κ2) is 7.02. The molecule has 0 spiro atoms. The van der Waals surface area contributed by atoms with E-state index in [0.717, 1.165) is 42.9 Å². The molecule has 0 N–H and O–H groups in total. The van der Waals surface area contributed by atoms with Crippen molar-refractivity contribution in [1.82, 2.24) is 4.90 Å². The van der Waals surface area contributed by atoms with Crippen LogP contribution in [-0.2, 0) is 12.8 Å². The first-order valence-electron chi connectivity index (χ1n) is 9.53. The van der Waals surface area contributed by atoms with Gasteiger partial charge in [-0.1, -0.05) is 18.2 Å². The lowest BCUT2D eigenvalue weighted by Crippen LogP contribution is -2.46. The molecule has 2 aliphatic rings. The molecule has 1 atom stereocenters. The van der Waals surface area contributed by atoms with Gasteiger partial charge in [-0.25, -0.2) is 0 Å². The molecule has 4 nitrogen and oxygen atoms in total. The summed E-state index contributed by atoms with van der Waals surface area (Å²) in [4.78, 5) is 17.0. The maximum Gasteiger partial charge on any atom is 0.253 e. The van der Waals surface area contributed by atoms with Gasteiger partial charge in [-0.05, 0) is 61.6 Å². The Morgan fingerprint density at radius 1 is 1.19 bits per heavy atom. The van der Waals surface area contributed by atoms with Crippen LogP contribution in [0.2, 0.25) is 0 Å². The minimum absolute atomic E-state index is 0.0202. The van der Waals surface area contributed by atoms with Crippen LogP contribution in [0.4, 0.5) is 5.69 Å². The fourth-order valence-corrected chi connectivity index (χ4v) is 4.09. The van der Waals surface area contributed by atoms with Gasteiger partial charge in [-0.3, -0.25) is 4.79 Å². The zero-order valence-corrected chi connectivity index (χ0v) is 15.6. The molecule has 4 heteroatoms. The van der Waals surface area contributed by atoms with Gasteiger partial charge >= 0.3 is 0 Å². The molecule has 1 aliphatic heterocycles. The van der Waals surface area contributed by atoms with E-state index in [4.69, 9.17) is 4.74 Å². The van der Waals surface area contributed by atoms with Gasteiger partial charge in [0.2, 0.25) is 0 Å². The number of hydrogen-bond acceptors (Lipinski definition) is 3. The third-order valence-electron chi connectivity index (χ3n) is 5.47. The highest BCUT2D eigenvalue weighted by molar-refractivity contribution is 5.94. The Morgan fingerprint density at radius 2 is 2.00 bits per heavy atom. The van der Waals surface area contributed by atoms with E-state index in [0.29, 0.717) is 6.54 Å². The molecule has 136 valence electrons. The molecule has 0 unspecified atom stereocenters. The first kappa shape index (κ1) is 17.0. The van der Waals surface area contributed by atoms with Crippen LogP contribution >= 0.6 is 0 Å². The van der Waals surface area contributed by atoms with Crippen LogP contribution in [0.5, 0.6) is 5.75 Å². The van der Waals surface area contributed by atoms with E-state index in [-0.39, 0.29) is 12.0 Å². The Bertz CT molecular complexity index is 818. The molecular formula is C22H26N2O2. The summed E-state index contributed by atoms with van der Waals surface area (Å²) >= 11 is 0. The fraction of sp³-hybridized carbons (Fsp3) is 0.409. The van der Waals surface area contributed by atoms with Crippen molar-refractivity contribution in [1.29, 1.82) is 0 Å². The highest BCUT2D eigenvalue weighted by Gasteiger charge is 2.27. The number of amides is 1. The summed E-state index contributed by atoms with van der Waals surface area (Å²) in [5.74, 6) is 0.981. The van der Waals surface area contributed by atoms with Gasteiger partial charge < -0.3 is 14.5 Å². The summed E-state index contributed by atoms with van der Waals surface area (Å²) in [5, 5.41) is 0.